The fraction of sp³-hybridized carbons (Fsp3) is 0.600. The van der Waals surface area contributed by atoms with E-state index < -0.39 is 9.84 Å². The molecular formula is C15H23NO2S. The molecule has 0 heterocycles. The maximum absolute atomic E-state index is 12.8. The zero-order valence-corrected chi connectivity index (χ0v) is 12.7. The molecule has 4 heteroatoms. The third kappa shape index (κ3) is 2.94. The summed E-state index contributed by atoms with van der Waals surface area (Å²) in [6.45, 7) is 6.12. The Morgan fingerprint density at radius 2 is 1.68 bits per heavy atom. The Morgan fingerprint density at radius 3 is 2.26 bits per heavy atom. The van der Waals surface area contributed by atoms with E-state index in [4.69, 9.17) is 5.73 Å². The van der Waals surface area contributed by atoms with E-state index in [9.17, 15) is 8.42 Å². The number of hydrogen-bond acceptors (Lipinski definition) is 3. The van der Waals surface area contributed by atoms with Crippen molar-refractivity contribution in [2.24, 2.45) is 11.8 Å². The van der Waals surface area contributed by atoms with Crippen LogP contribution in [0, 0.1) is 18.8 Å². The van der Waals surface area contributed by atoms with Crippen molar-refractivity contribution < 1.29 is 8.42 Å². The molecular weight excluding hydrogens is 258 g/mol. The number of benzene rings is 1. The zero-order chi connectivity index (χ0) is 14.2. The Hall–Kier alpha value is -1.03. The molecule has 1 aromatic rings. The monoisotopic (exact) mass is 281 g/mol. The molecule has 1 aliphatic rings. The second kappa shape index (κ2) is 5.16. The third-order valence-electron chi connectivity index (χ3n) is 4.09. The molecule has 0 radical (unpaired) electrons. The van der Waals surface area contributed by atoms with Crippen LogP contribution in [-0.4, -0.2) is 13.7 Å². The van der Waals surface area contributed by atoms with E-state index in [1.54, 1.807) is 18.2 Å². The van der Waals surface area contributed by atoms with E-state index in [0.29, 0.717) is 22.4 Å². The molecule has 19 heavy (non-hydrogen) atoms. The van der Waals surface area contributed by atoms with Crippen molar-refractivity contribution in [2.75, 3.05) is 5.73 Å². The van der Waals surface area contributed by atoms with Gasteiger partial charge in [-0.2, -0.15) is 0 Å². The van der Waals surface area contributed by atoms with Crippen molar-refractivity contribution in [2.45, 2.75) is 50.2 Å². The molecule has 1 saturated carbocycles. The van der Waals surface area contributed by atoms with Crippen molar-refractivity contribution in [3.05, 3.63) is 23.8 Å². The average Bonchev–Trinajstić information content (AvgIpc) is 2.31. The largest absolute Gasteiger partial charge is 0.399 e. The van der Waals surface area contributed by atoms with E-state index >= 15 is 0 Å². The fourth-order valence-electron chi connectivity index (χ4n) is 3.23. The van der Waals surface area contributed by atoms with Gasteiger partial charge in [0.15, 0.2) is 9.84 Å². The summed E-state index contributed by atoms with van der Waals surface area (Å²) in [7, 11) is -3.26. The first-order valence-electron chi connectivity index (χ1n) is 6.90. The van der Waals surface area contributed by atoms with Crippen molar-refractivity contribution in [1.82, 2.24) is 0 Å². The minimum Gasteiger partial charge on any atom is -0.399 e. The smallest absolute Gasteiger partial charge is 0.181 e. The van der Waals surface area contributed by atoms with Crippen LogP contribution in [0.25, 0.3) is 0 Å². The molecule has 2 N–H and O–H groups in total. The van der Waals surface area contributed by atoms with E-state index in [1.807, 2.05) is 6.92 Å². The quantitative estimate of drug-likeness (QED) is 0.847. The molecule has 1 fully saturated rings. The number of anilines is 1. The molecule has 0 aromatic heterocycles. The molecule has 0 saturated heterocycles. The van der Waals surface area contributed by atoms with Crippen LogP contribution in [0.5, 0.6) is 0 Å². The Labute approximate surface area is 116 Å². The summed E-state index contributed by atoms with van der Waals surface area (Å²) in [6.07, 6.45) is 2.66. The van der Waals surface area contributed by atoms with Crippen molar-refractivity contribution in [3.8, 4) is 0 Å². The summed E-state index contributed by atoms with van der Waals surface area (Å²) in [6, 6.07) is 5.15. The maximum atomic E-state index is 12.8. The second-order valence-electron chi connectivity index (χ2n) is 6.11. The summed E-state index contributed by atoms with van der Waals surface area (Å²) in [5.74, 6) is 0.954. The van der Waals surface area contributed by atoms with Crippen LogP contribution >= 0.6 is 0 Å². The highest BCUT2D eigenvalue weighted by atomic mass is 32.2. The first kappa shape index (κ1) is 14.4. The van der Waals surface area contributed by atoms with Crippen molar-refractivity contribution >= 4 is 15.5 Å². The number of nitrogen functional groups attached to an aromatic ring is 1. The van der Waals surface area contributed by atoms with Crippen LogP contribution in [0.1, 0.15) is 38.7 Å². The SMILES string of the molecule is Cc1ccc(N)cc1S(=O)(=O)C1CC(C)CC(C)C1. The van der Waals surface area contributed by atoms with Crippen LogP contribution in [-0.2, 0) is 9.84 Å². The Bertz CT molecular complexity index is 556. The standard InChI is InChI=1S/C15H23NO2S/c1-10-6-11(2)8-14(7-10)19(17,18)15-9-13(16)5-4-12(15)3/h4-5,9-11,14H,6-8,16H2,1-3H3. The number of hydrogen-bond donors (Lipinski definition) is 1. The highest BCUT2D eigenvalue weighted by Crippen LogP contribution is 2.36. The Balaban J connectivity index is 2.39. The number of aryl methyl sites for hydroxylation is 1. The lowest BCUT2D eigenvalue weighted by Crippen LogP contribution is -2.31. The normalized spacial score (nSPS) is 28.3. The van der Waals surface area contributed by atoms with Crippen molar-refractivity contribution in [1.29, 1.82) is 0 Å². The number of sulfone groups is 1. The third-order valence-corrected chi connectivity index (χ3v) is 6.41. The summed E-state index contributed by atoms with van der Waals surface area (Å²) >= 11 is 0. The molecule has 0 bridgehead atoms. The van der Waals surface area contributed by atoms with Gasteiger partial charge in [-0.05, 0) is 55.7 Å². The van der Waals surface area contributed by atoms with Gasteiger partial charge in [0, 0.05) is 5.69 Å². The predicted octanol–water partition coefficient (Wildman–Crippen LogP) is 3.18. The van der Waals surface area contributed by atoms with Gasteiger partial charge in [-0.1, -0.05) is 19.9 Å². The lowest BCUT2D eigenvalue weighted by atomic mass is 9.83. The lowest BCUT2D eigenvalue weighted by Gasteiger charge is -2.31. The first-order valence-corrected chi connectivity index (χ1v) is 8.45. The summed E-state index contributed by atoms with van der Waals surface area (Å²) < 4.78 is 25.6. The van der Waals surface area contributed by atoms with E-state index in [2.05, 4.69) is 13.8 Å². The highest BCUT2D eigenvalue weighted by molar-refractivity contribution is 7.92. The van der Waals surface area contributed by atoms with Gasteiger partial charge in [0.05, 0.1) is 10.1 Å². The van der Waals surface area contributed by atoms with E-state index in [1.165, 1.54) is 0 Å². The highest BCUT2D eigenvalue weighted by Gasteiger charge is 2.35. The molecule has 1 aliphatic carbocycles. The molecule has 2 rings (SSSR count). The van der Waals surface area contributed by atoms with Crippen molar-refractivity contribution in [3.63, 3.8) is 0 Å². The van der Waals surface area contributed by atoms with Gasteiger partial charge in [0.25, 0.3) is 0 Å². The zero-order valence-electron chi connectivity index (χ0n) is 11.9. The Kier molecular flexibility index (Phi) is 3.90. The van der Waals surface area contributed by atoms with Crippen LogP contribution in [0.4, 0.5) is 5.69 Å². The van der Waals surface area contributed by atoms with Gasteiger partial charge in [-0.3, -0.25) is 0 Å². The topological polar surface area (TPSA) is 60.2 Å². The molecule has 2 atom stereocenters. The number of rotatable bonds is 2. The number of nitrogens with two attached hydrogens (primary N) is 1. The maximum Gasteiger partial charge on any atom is 0.181 e. The minimum absolute atomic E-state index is 0.258. The molecule has 3 nitrogen and oxygen atoms in total. The minimum atomic E-state index is -3.26. The average molecular weight is 281 g/mol. The Morgan fingerprint density at radius 1 is 1.11 bits per heavy atom. The van der Waals surface area contributed by atoms with Gasteiger partial charge in [-0.15, -0.1) is 0 Å². The lowest BCUT2D eigenvalue weighted by molar-refractivity contribution is 0.301. The van der Waals surface area contributed by atoms with Crippen LogP contribution in [0.15, 0.2) is 23.1 Å². The van der Waals surface area contributed by atoms with Gasteiger partial charge < -0.3 is 5.73 Å². The van der Waals surface area contributed by atoms with Gasteiger partial charge >= 0.3 is 0 Å². The molecule has 2 unspecified atom stereocenters. The summed E-state index contributed by atoms with van der Waals surface area (Å²) in [4.78, 5) is 0.416. The predicted molar refractivity (Wildman–Crippen MR) is 78.7 cm³/mol. The molecule has 0 aliphatic heterocycles. The summed E-state index contributed by atoms with van der Waals surface area (Å²) in [5.41, 5.74) is 7.05. The van der Waals surface area contributed by atoms with E-state index in [0.717, 1.165) is 24.8 Å². The van der Waals surface area contributed by atoms with Gasteiger partial charge in [0.2, 0.25) is 0 Å². The van der Waals surface area contributed by atoms with Crippen LogP contribution < -0.4 is 5.73 Å². The molecule has 106 valence electrons. The fourth-order valence-corrected chi connectivity index (χ4v) is 5.57. The van der Waals surface area contributed by atoms with E-state index in [-0.39, 0.29) is 5.25 Å². The van der Waals surface area contributed by atoms with Crippen LogP contribution in [0.2, 0.25) is 0 Å². The molecule has 0 amide bonds. The molecule has 1 aromatic carbocycles. The molecule has 0 spiro atoms. The van der Waals surface area contributed by atoms with Gasteiger partial charge in [-0.25, -0.2) is 8.42 Å². The summed E-state index contributed by atoms with van der Waals surface area (Å²) in [5, 5.41) is -0.258. The van der Waals surface area contributed by atoms with Gasteiger partial charge in [0.1, 0.15) is 0 Å². The van der Waals surface area contributed by atoms with Crippen LogP contribution in [0.3, 0.4) is 0 Å². The second-order valence-corrected chi connectivity index (χ2v) is 8.31. The first-order chi connectivity index (χ1) is 8.80.